The molecule has 0 bridgehead atoms. The van der Waals surface area contributed by atoms with Crippen LogP contribution in [0.15, 0.2) is 23.1 Å². The molecule has 0 aliphatic rings. The van der Waals surface area contributed by atoms with E-state index in [4.69, 9.17) is 15.2 Å². The van der Waals surface area contributed by atoms with Gasteiger partial charge in [-0.05, 0) is 31.5 Å². The smallest absolute Gasteiger partial charge is 0.244 e. The summed E-state index contributed by atoms with van der Waals surface area (Å²) in [5.74, 6) is 0.274. The summed E-state index contributed by atoms with van der Waals surface area (Å²) < 4.78 is 37.4. The molecule has 0 saturated carbocycles. The molecule has 0 aliphatic carbocycles. The maximum Gasteiger partial charge on any atom is 0.244 e. The third-order valence-corrected chi connectivity index (χ3v) is 4.43. The minimum atomic E-state index is -3.67. The van der Waals surface area contributed by atoms with E-state index in [1.54, 1.807) is 26.0 Å². The fourth-order valence-electron chi connectivity index (χ4n) is 1.48. The van der Waals surface area contributed by atoms with Crippen molar-refractivity contribution in [1.29, 1.82) is 0 Å². The van der Waals surface area contributed by atoms with Crippen molar-refractivity contribution in [3.63, 3.8) is 0 Å². The Kier molecular flexibility index (Phi) is 5.52. The normalized spacial score (nSPS) is 12.4. The van der Waals surface area contributed by atoms with Gasteiger partial charge in [0.2, 0.25) is 10.0 Å². The van der Waals surface area contributed by atoms with E-state index >= 15 is 0 Å². The highest BCUT2D eigenvalue weighted by atomic mass is 32.2. The van der Waals surface area contributed by atoms with Crippen LogP contribution in [0.4, 0.5) is 0 Å². The first kappa shape index (κ1) is 16.9. The molecule has 0 spiro atoms. The predicted octanol–water partition coefficient (Wildman–Crippen LogP) is 0.857. The molecule has 20 heavy (non-hydrogen) atoms. The molecule has 6 nitrogen and oxygen atoms in total. The summed E-state index contributed by atoms with van der Waals surface area (Å²) in [6.07, 6.45) is 0. The van der Waals surface area contributed by atoms with E-state index in [9.17, 15) is 8.42 Å². The van der Waals surface area contributed by atoms with Gasteiger partial charge in [-0.1, -0.05) is 6.07 Å². The van der Waals surface area contributed by atoms with Crippen LogP contribution in [-0.4, -0.2) is 34.8 Å². The van der Waals surface area contributed by atoms with Gasteiger partial charge >= 0.3 is 0 Å². The van der Waals surface area contributed by atoms with Crippen LogP contribution < -0.4 is 15.2 Å². The molecular formula is C13H22N2O4S. The first-order valence-corrected chi connectivity index (χ1v) is 7.66. The lowest BCUT2D eigenvalue weighted by Crippen LogP contribution is -2.39. The summed E-state index contributed by atoms with van der Waals surface area (Å²) in [5.41, 5.74) is 5.75. The van der Waals surface area contributed by atoms with Crippen LogP contribution in [0.5, 0.6) is 5.75 Å². The van der Waals surface area contributed by atoms with Crippen LogP contribution in [-0.2, 0) is 21.3 Å². The standard InChI is InChI=1S/C13H22N2O4S/c1-13(2,19-4)9-15-20(16,17)12-6-5-10(8-14)7-11(12)18-3/h5-7,15H,8-9,14H2,1-4H3. The SMILES string of the molecule is COc1cc(CN)ccc1S(=O)(=O)NCC(C)(C)OC. The minimum Gasteiger partial charge on any atom is -0.495 e. The third-order valence-electron chi connectivity index (χ3n) is 2.99. The number of nitrogens with two attached hydrogens (primary N) is 1. The largest absolute Gasteiger partial charge is 0.495 e. The van der Waals surface area contributed by atoms with Crippen molar-refractivity contribution in [2.75, 3.05) is 20.8 Å². The Morgan fingerprint density at radius 2 is 1.95 bits per heavy atom. The van der Waals surface area contributed by atoms with Gasteiger partial charge in [-0.15, -0.1) is 0 Å². The van der Waals surface area contributed by atoms with Crippen LogP contribution in [0, 0.1) is 0 Å². The van der Waals surface area contributed by atoms with Crippen LogP contribution in [0.2, 0.25) is 0 Å². The molecule has 1 aromatic rings. The lowest BCUT2D eigenvalue weighted by Gasteiger charge is -2.23. The predicted molar refractivity (Wildman–Crippen MR) is 77.2 cm³/mol. The first-order valence-electron chi connectivity index (χ1n) is 6.17. The molecule has 1 aromatic carbocycles. The Labute approximate surface area is 120 Å². The Bertz CT molecular complexity index is 555. The van der Waals surface area contributed by atoms with E-state index in [2.05, 4.69) is 4.72 Å². The molecule has 0 fully saturated rings. The van der Waals surface area contributed by atoms with Crippen molar-refractivity contribution >= 4 is 10.0 Å². The highest BCUT2D eigenvalue weighted by Gasteiger charge is 2.24. The average Bonchev–Trinajstić information content (AvgIpc) is 2.44. The lowest BCUT2D eigenvalue weighted by molar-refractivity contribution is 0.0276. The second-order valence-electron chi connectivity index (χ2n) is 4.98. The number of benzene rings is 1. The molecule has 0 unspecified atom stereocenters. The zero-order chi connectivity index (χ0) is 15.4. The molecule has 0 amide bonds. The molecule has 0 saturated heterocycles. The van der Waals surface area contributed by atoms with Gasteiger partial charge < -0.3 is 15.2 Å². The van der Waals surface area contributed by atoms with Gasteiger partial charge in [-0.25, -0.2) is 13.1 Å². The summed E-state index contributed by atoms with van der Waals surface area (Å²) in [6.45, 7) is 4.07. The topological polar surface area (TPSA) is 90.7 Å². The minimum absolute atomic E-state index is 0.0871. The van der Waals surface area contributed by atoms with Crippen molar-refractivity contribution in [2.24, 2.45) is 5.73 Å². The molecule has 0 atom stereocenters. The zero-order valence-corrected chi connectivity index (χ0v) is 13.1. The summed E-state index contributed by atoms with van der Waals surface area (Å²) in [4.78, 5) is 0.0871. The van der Waals surface area contributed by atoms with E-state index in [0.29, 0.717) is 6.54 Å². The fraction of sp³-hybridized carbons (Fsp3) is 0.538. The number of hydrogen-bond acceptors (Lipinski definition) is 5. The van der Waals surface area contributed by atoms with Crippen molar-refractivity contribution in [2.45, 2.75) is 30.9 Å². The zero-order valence-electron chi connectivity index (χ0n) is 12.3. The Morgan fingerprint density at radius 1 is 1.30 bits per heavy atom. The van der Waals surface area contributed by atoms with E-state index in [1.807, 2.05) is 0 Å². The quantitative estimate of drug-likeness (QED) is 0.779. The summed E-state index contributed by atoms with van der Waals surface area (Å²) in [7, 11) is -0.710. The van der Waals surface area contributed by atoms with Crippen LogP contribution in [0.3, 0.4) is 0 Å². The van der Waals surface area contributed by atoms with Gasteiger partial charge in [0.05, 0.1) is 12.7 Å². The average molecular weight is 302 g/mol. The number of sulfonamides is 1. The molecular weight excluding hydrogens is 280 g/mol. The van der Waals surface area contributed by atoms with E-state index in [-0.39, 0.29) is 17.2 Å². The van der Waals surface area contributed by atoms with Gasteiger partial charge in [0.15, 0.2) is 0 Å². The number of hydrogen-bond donors (Lipinski definition) is 2. The highest BCUT2D eigenvalue weighted by Crippen LogP contribution is 2.25. The second-order valence-corrected chi connectivity index (χ2v) is 6.71. The molecule has 114 valence electrons. The van der Waals surface area contributed by atoms with Crippen molar-refractivity contribution in [3.05, 3.63) is 23.8 Å². The monoisotopic (exact) mass is 302 g/mol. The molecule has 1 rings (SSSR count). The summed E-state index contributed by atoms with van der Waals surface area (Å²) >= 11 is 0. The number of ether oxygens (including phenoxy) is 2. The Balaban J connectivity index is 3.03. The molecule has 0 radical (unpaired) electrons. The highest BCUT2D eigenvalue weighted by molar-refractivity contribution is 7.89. The van der Waals surface area contributed by atoms with E-state index < -0.39 is 15.6 Å². The van der Waals surface area contributed by atoms with Crippen LogP contribution in [0.1, 0.15) is 19.4 Å². The lowest BCUT2D eigenvalue weighted by atomic mass is 10.1. The van der Waals surface area contributed by atoms with Gasteiger partial charge in [0, 0.05) is 20.2 Å². The van der Waals surface area contributed by atoms with Crippen molar-refractivity contribution in [3.8, 4) is 5.75 Å². The van der Waals surface area contributed by atoms with E-state index in [0.717, 1.165) is 5.56 Å². The van der Waals surface area contributed by atoms with E-state index in [1.165, 1.54) is 20.3 Å². The van der Waals surface area contributed by atoms with Gasteiger partial charge in [0.1, 0.15) is 10.6 Å². The number of nitrogens with one attached hydrogen (secondary N) is 1. The fourth-order valence-corrected chi connectivity index (χ4v) is 2.83. The maximum atomic E-state index is 12.3. The molecule has 0 heterocycles. The molecule has 7 heteroatoms. The van der Waals surface area contributed by atoms with Crippen LogP contribution in [0.25, 0.3) is 0 Å². The molecule has 0 aromatic heterocycles. The van der Waals surface area contributed by atoms with Crippen molar-refractivity contribution < 1.29 is 17.9 Å². The van der Waals surface area contributed by atoms with Crippen LogP contribution >= 0.6 is 0 Å². The van der Waals surface area contributed by atoms with Gasteiger partial charge in [-0.3, -0.25) is 0 Å². The molecule has 3 N–H and O–H groups in total. The maximum absolute atomic E-state index is 12.3. The van der Waals surface area contributed by atoms with Crippen molar-refractivity contribution in [1.82, 2.24) is 4.72 Å². The summed E-state index contributed by atoms with van der Waals surface area (Å²) in [5, 5.41) is 0. The van der Waals surface area contributed by atoms with Gasteiger partial charge in [0.25, 0.3) is 0 Å². The molecule has 0 aliphatic heterocycles. The van der Waals surface area contributed by atoms with Gasteiger partial charge in [-0.2, -0.15) is 0 Å². The second kappa shape index (κ2) is 6.53. The number of methoxy groups -OCH3 is 2. The Morgan fingerprint density at radius 3 is 2.45 bits per heavy atom. The third kappa shape index (κ3) is 4.17. The Hall–Kier alpha value is -1.15. The number of rotatable bonds is 7. The summed E-state index contributed by atoms with van der Waals surface area (Å²) in [6, 6.07) is 4.78. The first-order chi connectivity index (χ1) is 9.25.